The Bertz CT molecular complexity index is 629. The Morgan fingerprint density at radius 2 is 1.62 bits per heavy atom. The van der Waals surface area contributed by atoms with Crippen molar-refractivity contribution in [2.24, 2.45) is 0 Å². The molecule has 0 atom stereocenters. The highest BCUT2D eigenvalue weighted by atomic mass is 127. The second kappa shape index (κ2) is 7.78. The van der Waals surface area contributed by atoms with Gasteiger partial charge in [0.15, 0.2) is 0 Å². The van der Waals surface area contributed by atoms with Crippen molar-refractivity contribution in [1.29, 1.82) is 0 Å². The minimum atomic E-state index is -0.169. The van der Waals surface area contributed by atoms with E-state index >= 15 is 0 Å². The molecule has 2 N–H and O–H groups in total. The van der Waals surface area contributed by atoms with Crippen molar-refractivity contribution in [3.8, 4) is 0 Å². The zero-order valence-corrected chi connectivity index (χ0v) is 13.5. The first-order valence-corrected chi connectivity index (χ1v) is 7.62. The fourth-order valence-corrected chi connectivity index (χ4v) is 2.28. The zero-order chi connectivity index (χ0) is 15.1. The van der Waals surface area contributed by atoms with E-state index in [1.54, 1.807) is 24.3 Å². The van der Waals surface area contributed by atoms with Gasteiger partial charge < -0.3 is 10.6 Å². The van der Waals surface area contributed by atoms with Crippen molar-refractivity contribution in [2.45, 2.75) is 6.42 Å². The van der Waals surface area contributed by atoms with E-state index in [4.69, 9.17) is 0 Å². The van der Waals surface area contributed by atoms with Crippen LogP contribution in [-0.4, -0.2) is 18.4 Å². The summed E-state index contributed by atoms with van der Waals surface area (Å²) in [6.45, 7) is 0.309. The van der Waals surface area contributed by atoms with Gasteiger partial charge in [0, 0.05) is 22.1 Å². The predicted molar refractivity (Wildman–Crippen MR) is 91.2 cm³/mol. The van der Waals surface area contributed by atoms with Gasteiger partial charge in [-0.15, -0.1) is 0 Å². The highest BCUT2D eigenvalue weighted by Crippen LogP contribution is 2.16. The number of amides is 2. The molecule has 0 aromatic heterocycles. The molecule has 4 nitrogen and oxygen atoms in total. The molecule has 2 rings (SSSR count). The Morgan fingerprint density at radius 1 is 0.952 bits per heavy atom. The largest absolute Gasteiger partial charge is 0.352 e. The fraction of sp³-hybridized carbons (Fsp3) is 0.125. The molecule has 0 saturated carbocycles. The molecule has 0 aliphatic heterocycles. The standard InChI is InChI=1S/C16H15IN2O2/c17-13-8-4-5-9-14(13)19-15(20)10-11-18-16(21)12-6-2-1-3-7-12/h1-9H,10-11H2,(H,18,21)(H,19,20). The maximum absolute atomic E-state index is 11.8. The van der Waals surface area contributed by atoms with Crippen LogP contribution in [0.2, 0.25) is 0 Å². The number of carbonyl (C=O) groups excluding carboxylic acids is 2. The lowest BCUT2D eigenvalue weighted by molar-refractivity contribution is -0.116. The Labute approximate surface area is 137 Å². The van der Waals surface area contributed by atoms with Gasteiger partial charge in [-0.25, -0.2) is 0 Å². The number of anilines is 1. The van der Waals surface area contributed by atoms with Crippen LogP contribution in [0.25, 0.3) is 0 Å². The third kappa shape index (κ3) is 4.86. The first-order chi connectivity index (χ1) is 10.2. The minimum absolute atomic E-state index is 0.118. The Balaban J connectivity index is 1.77. The van der Waals surface area contributed by atoms with Crippen molar-refractivity contribution >= 4 is 40.1 Å². The molecule has 0 unspecified atom stereocenters. The smallest absolute Gasteiger partial charge is 0.251 e. The molecule has 0 bridgehead atoms. The lowest BCUT2D eigenvalue weighted by Gasteiger charge is -2.08. The van der Waals surface area contributed by atoms with E-state index in [1.807, 2.05) is 30.3 Å². The maximum atomic E-state index is 11.8. The summed E-state index contributed by atoms with van der Waals surface area (Å²) in [7, 11) is 0. The number of rotatable bonds is 5. The van der Waals surface area contributed by atoms with Gasteiger partial charge in [0.05, 0.1) is 5.69 Å². The summed E-state index contributed by atoms with van der Waals surface area (Å²) in [5.74, 6) is -0.287. The molecule has 108 valence electrons. The number of hydrogen-bond donors (Lipinski definition) is 2. The van der Waals surface area contributed by atoms with Crippen LogP contribution < -0.4 is 10.6 Å². The number of carbonyl (C=O) groups is 2. The molecule has 5 heteroatoms. The number of nitrogens with one attached hydrogen (secondary N) is 2. The number of benzene rings is 2. The first kappa shape index (κ1) is 15.5. The molecule has 0 spiro atoms. The zero-order valence-electron chi connectivity index (χ0n) is 11.3. The summed E-state index contributed by atoms with van der Waals surface area (Å²) < 4.78 is 0.983. The molecule has 0 saturated heterocycles. The van der Waals surface area contributed by atoms with Gasteiger partial charge >= 0.3 is 0 Å². The van der Waals surface area contributed by atoms with Gasteiger partial charge in [-0.3, -0.25) is 9.59 Å². The van der Waals surface area contributed by atoms with Crippen molar-refractivity contribution in [3.63, 3.8) is 0 Å². The molecular weight excluding hydrogens is 379 g/mol. The SMILES string of the molecule is O=C(CCNC(=O)c1ccccc1)Nc1ccccc1I. The number of para-hydroxylation sites is 1. The third-order valence-corrected chi connectivity index (χ3v) is 3.76. The van der Waals surface area contributed by atoms with Crippen LogP contribution in [0, 0.1) is 3.57 Å². The van der Waals surface area contributed by atoms with E-state index in [1.165, 1.54) is 0 Å². The summed E-state index contributed by atoms with van der Waals surface area (Å²) in [4.78, 5) is 23.6. The second-order valence-corrected chi connectivity index (χ2v) is 5.56. The summed E-state index contributed by atoms with van der Waals surface area (Å²) >= 11 is 2.17. The topological polar surface area (TPSA) is 58.2 Å². The van der Waals surface area contributed by atoms with Gasteiger partial charge in [-0.1, -0.05) is 30.3 Å². The van der Waals surface area contributed by atoms with Gasteiger partial charge in [-0.05, 0) is 46.9 Å². The van der Waals surface area contributed by atoms with Crippen LogP contribution in [0.1, 0.15) is 16.8 Å². The second-order valence-electron chi connectivity index (χ2n) is 4.40. The van der Waals surface area contributed by atoms with E-state index < -0.39 is 0 Å². The molecule has 21 heavy (non-hydrogen) atoms. The monoisotopic (exact) mass is 394 g/mol. The summed E-state index contributed by atoms with van der Waals surface area (Å²) in [6, 6.07) is 16.5. The van der Waals surface area contributed by atoms with Crippen molar-refractivity contribution in [1.82, 2.24) is 5.32 Å². The maximum Gasteiger partial charge on any atom is 0.251 e. The highest BCUT2D eigenvalue weighted by molar-refractivity contribution is 14.1. The van der Waals surface area contributed by atoms with Crippen molar-refractivity contribution < 1.29 is 9.59 Å². The van der Waals surface area contributed by atoms with Crippen LogP contribution in [-0.2, 0) is 4.79 Å². The van der Waals surface area contributed by atoms with E-state index in [2.05, 4.69) is 33.2 Å². The van der Waals surface area contributed by atoms with Crippen LogP contribution >= 0.6 is 22.6 Å². The molecule has 0 aliphatic rings. The molecule has 2 amide bonds. The Hall–Kier alpha value is -1.89. The summed E-state index contributed by atoms with van der Waals surface area (Å²) in [6.07, 6.45) is 0.240. The summed E-state index contributed by atoms with van der Waals surface area (Å²) in [5.41, 5.74) is 1.38. The van der Waals surface area contributed by atoms with Crippen LogP contribution in [0.4, 0.5) is 5.69 Å². The van der Waals surface area contributed by atoms with Crippen LogP contribution in [0.5, 0.6) is 0 Å². The van der Waals surface area contributed by atoms with Gasteiger partial charge in [0.1, 0.15) is 0 Å². The number of halogens is 1. The lowest BCUT2D eigenvalue weighted by atomic mass is 10.2. The lowest BCUT2D eigenvalue weighted by Crippen LogP contribution is -2.27. The normalized spacial score (nSPS) is 9.95. The van der Waals surface area contributed by atoms with E-state index in [0.717, 1.165) is 9.26 Å². The molecule has 0 aliphatic carbocycles. The summed E-state index contributed by atoms with van der Waals surface area (Å²) in [5, 5.41) is 5.55. The van der Waals surface area contributed by atoms with Crippen molar-refractivity contribution in [3.05, 3.63) is 63.7 Å². The molecule has 0 fully saturated rings. The molecule has 2 aromatic carbocycles. The average molecular weight is 394 g/mol. The van der Waals surface area contributed by atoms with Gasteiger partial charge in [0.25, 0.3) is 5.91 Å². The van der Waals surface area contributed by atoms with Crippen molar-refractivity contribution in [2.75, 3.05) is 11.9 Å². The molecule has 0 heterocycles. The predicted octanol–water partition coefficient (Wildman–Crippen LogP) is 3.05. The Kier molecular flexibility index (Phi) is 5.74. The highest BCUT2D eigenvalue weighted by Gasteiger charge is 2.07. The van der Waals surface area contributed by atoms with E-state index in [-0.39, 0.29) is 18.2 Å². The molecular formula is C16H15IN2O2. The quantitative estimate of drug-likeness (QED) is 0.767. The molecule has 2 aromatic rings. The fourth-order valence-electron chi connectivity index (χ4n) is 1.76. The molecule has 0 radical (unpaired) electrons. The Morgan fingerprint density at radius 3 is 2.33 bits per heavy atom. The minimum Gasteiger partial charge on any atom is -0.352 e. The van der Waals surface area contributed by atoms with E-state index in [0.29, 0.717) is 12.1 Å². The first-order valence-electron chi connectivity index (χ1n) is 6.54. The van der Waals surface area contributed by atoms with Gasteiger partial charge in [-0.2, -0.15) is 0 Å². The average Bonchev–Trinajstić information content (AvgIpc) is 2.50. The number of hydrogen-bond acceptors (Lipinski definition) is 2. The van der Waals surface area contributed by atoms with Gasteiger partial charge in [0.2, 0.25) is 5.91 Å². The van der Waals surface area contributed by atoms with Crippen LogP contribution in [0.3, 0.4) is 0 Å². The third-order valence-electron chi connectivity index (χ3n) is 2.82. The van der Waals surface area contributed by atoms with E-state index in [9.17, 15) is 9.59 Å². The van der Waals surface area contributed by atoms with Crippen LogP contribution in [0.15, 0.2) is 54.6 Å².